The van der Waals surface area contributed by atoms with Gasteiger partial charge in [0.2, 0.25) is 5.91 Å². The lowest BCUT2D eigenvalue weighted by Crippen LogP contribution is -2.41. The lowest BCUT2D eigenvalue weighted by atomic mass is 9.90. The molecule has 2 aromatic heterocycles. The van der Waals surface area contributed by atoms with Gasteiger partial charge >= 0.3 is 0 Å². The van der Waals surface area contributed by atoms with Gasteiger partial charge in [0.25, 0.3) is 5.91 Å². The molecule has 1 saturated carbocycles. The molecule has 1 atom stereocenters. The summed E-state index contributed by atoms with van der Waals surface area (Å²) in [5, 5.41) is 4.00. The second-order valence-electron chi connectivity index (χ2n) is 7.43. The summed E-state index contributed by atoms with van der Waals surface area (Å²) in [5.74, 6) is 0.509. The van der Waals surface area contributed by atoms with Crippen LogP contribution in [0.3, 0.4) is 0 Å². The fourth-order valence-electron chi connectivity index (χ4n) is 4.15. The summed E-state index contributed by atoms with van der Waals surface area (Å²) >= 11 is 0. The van der Waals surface area contributed by atoms with Crippen molar-refractivity contribution in [3.63, 3.8) is 0 Å². The minimum absolute atomic E-state index is 0. The monoisotopic (exact) mass is 404 g/mol. The summed E-state index contributed by atoms with van der Waals surface area (Å²) in [6.45, 7) is 6.44. The average molecular weight is 405 g/mol. The molecule has 4 rings (SSSR count). The molecule has 1 saturated heterocycles. The normalized spacial score (nSPS) is 19.1. The van der Waals surface area contributed by atoms with Crippen molar-refractivity contribution in [3.8, 4) is 0 Å². The first-order chi connectivity index (χ1) is 13.6. The number of carbonyl (C=O) groups is 2. The van der Waals surface area contributed by atoms with Gasteiger partial charge in [0, 0.05) is 50.0 Å². The van der Waals surface area contributed by atoms with Crippen LogP contribution < -0.4 is 5.32 Å². The number of H-pyrrole nitrogens is 1. The highest BCUT2D eigenvalue weighted by Gasteiger charge is 2.54. The van der Waals surface area contributed by atoms with Crippen molar-refractivity contribution >= 4 is 22.7 Å². The molecule has 1 aliphatic heterocycles. The molecule has 4 N–H and O–H groups in total. The van der Waals surface area contributed by atoms with Crippen molar-refractivity contribution in [2.24, 2.45) is 11.3 Å². The second kappa shape index (κ2) is 9.84. The number of piperidine rings is 1. The van der Waals surface area contributed by atoms with Gasteiger partial charge in [-0.3, -0.25) is 14.6 Å². The van der Waals surface area contributed by atoms with E-state index in [4.69, 9.17) is 4.74 Å². The summed E-state index contributed by atoms with van der Waals surface area (Å²) in [5.41, 5.74) is 1.80. The Labute approximate surface area is 171 Å². The van der Waals surface area contributed by atoms with Crippen LogP contribution in [0.1, 0.15) is 43.6 Å². The van der Waals surface area contributed by atoms with Crippen LogP contribution in [0.4, 0.5) is 0 Å². The van der Waals surface area contributed by atoms with Crippen molar-refractivity contribution in [2.75, 3.05) is 33.4 Å². The molecule has 0 radical (unpaired) electrons. The maximum absolute atomic E-state index is 12.4. The van der Waals surface area contributed by atoms with Gasteiger partial charge in [-0.1, -0.05) is 13.8 Å². The van der Waals surface area contributed by atoms with Gasteiger partial charge in [-0.2, -0.15) is 0 Å². The SMILES string of the molecule is CC.COCC(=O)N1CCC2(CC1)CC2CNC(=O)c1cc2cnccc2[nH]1.O. The van der Waals surface area contributed by atoms with Crippen LogP contribution in [0, 0.1) is 11.3 Å². The Kier molecular flexibility index (Phi) is 7.75. The number of aromatic amines is 1. The molecule has 0 aromatic carbocycles. The van der Waals surface area contributed by atoms with E-state index in [-0.39, 0.29) is 23.9 Å². The summed E-state index contributed by atoms with van der Waals surface area (Å²) in [4.78, 5) is 33.4. The predicted molar refractivity (Wildman–Crippen MR) is 112 cm³/mol. The molecular weight excluding hydrogens is 372 g/mol. The first-order valence-corrected chi connectivity index (χ1v) is 10.1. The van der Waals surface area contributed by atoms with E-state index in [0.717, 1.165) is 43.3 Å². The summed E-state index contributed by atoms with van der Waals surface area (Å²) < 4.78 is 4.93. The quantitative estimate of drug-likeness (QED) is 0.789. The number of nitrogens with zero attached hydrogens (tertiary/aromatic N) is 2. The van der Waals surface area contributed by atoms with E-state index in [2.05, 4.69) is 15.3 Å². The summed E-state index contributed by atoms with van der Waals surface area (Å²) in [6, 6.07) is 3.70. The van der Waals surface area contributed by atoms with Crippen molar-refractivity contribution in [3.05, 3.63) is 30.2 Å². The number of nitrogens with one attached hydrogen (secondary N) is 2. The Hall–Kier alpha value is -2.45. The van der Waals surface area contributed by atoms with E-state index in [0.29, 0.717) is 23.6 Å². The van der Waals surface area contributed by atoms with E-state index in [1.807, 2.05) is 30.9 Å². The third kappa shape index (κ3) is 4.94. The number of pyridine rings is 1. The molecule has 2 aromatic rings. The van der Waals surface area contributed by atoms with Gasteiger partial charge in [-0.15, -0.1) is 0 Å². The predicted octanol–water partition coefficient (Wildman–Crippen LogP) is 1.77. The number of amides is 2. The van der Waals surface area contributed by atoms with Crippen LogP contribution in [-0.2, 0) is 9.53 Å². The van der Waals surface area contributed by atoms with Crippen molar-refractivity contribution < 1.29 is 19.8 Å². The molecule has 2 amide bonds. The molecule has 2 fully saturated rings. The molecule has 3 heterocycles. The number of aromatic nitrogens is 2. The van der Waals surface area contributed by atoms with Crippen molar-refractivity contribution in [1.29, 1.82) is 0 Å². The van der Waals surface area contributed by atoms with Crippen LogP contribution in [0.25, 0.3) is 10.9 Å². The molecule has 1 spiro atoms. The molecule has 2 aliphatic rings. The van der Waals surface area contributed by atoms with Crippen LogP contribution in [-0.4, -0.2) is 65.5 Å². The van der Waals surface area contributed by atoms with E-state index >= 15 is 0 Å². The molecule has 8 heteroatoms. The highest BCUT2D eigenvalue weighted by molar-refractivity contribution is 5.97. The Morgan fingerprint density at radius 3 is 2.72 bits per heavy atom. The van der Waals surface area contributed by atoms with Crippen molar-refractivity contribution in [2.45, 2.75) is 33.1 Å². The molecule has 1 unspecified atom stereocenters. The Bertz CT molecular complexity index is 794. The number of likely N-dealkylation sites (tertiary alicyclic amines) is 1. The van der Waals surface area contributed by atoms with Crippen LogP contribution in [0.2, 0.25) is 0 Å². The Morgan fingerprint density at radius 1 is 1.34 bits per heavy atom. The van der Waals surface area contributed by atoms with Gasteiger partial charge in [0.1, 0.15) is 12.3 Å². The van der Waals surface area contributed by atoms with Gasteiger partial charge < -0.3 is 25.4 Å². The van der Waals surface area contributed by atoms with Crippen LogP contribution >= 0.6 is 0 Å². The fraction of sp³-hybridized carbons (Fsp3) is 0.571. The van der Waals surface area contributed by atoms with E-state index in [1.54, 1.807) is 19.5 Å². The number of fused-ring (bicyclic) bond motifs is 1. The zero-order chi connectivity index (χ0) is 20.1. The number of methoxy groups -OCH3 is 1. The van der Waals surface area contributed by atoms with E-state index < -0.39 is 0 Å². The molecular formula is C21H32N4O4. The number of hydrogen-bond acceptors (Lipinski definition) is 4. The van der Waals surface area contributed by atoms with E-state index in [9.17, 15) is 9.59 Å². The molecule has 29 heavy (non-hydrogen) atoms. The standard InChI is InChI=1S/C19H24N4O3.C2H6.H2O/c1-26-12-17(24)23-6-3-19(4-7-23)9-14(19)11-21-18(25)16-8-13-10-20-5-2-15(13)22-16;1-2;/h2,5,8,10,14,22H,3-4,6-7,9,11-12H2,1H3,(H,21,25);1-2H3;1H2. The average Bonchev–Trinajstić information content (AvgIpc) is 3.20. The van der Waals surface area contributed by atoms with E-state index in [1.165, 1.54) is 0 Å². The zero-order valence-electron chi connectivity index (χ0n) is 17.5. The minimum Gasteiger partial charge on any atom is -0.412 e. The van der Waals surface area contributed by atoms with Gasteiger partial charge in [0.15, 0.2) is 0 Å². The molecule has 8 nitrogen and oxygen atoms in total. The molecule has 160 valence electrons. The fourth-order valence-corrected chi connectivity index (χ4v) is 4.15. The van der Waals surface area contributed by atoms with Crippen LogP contribution in [0.15, 0.2) is 24.5 Å². The third-order valence-corrected chi connectivity index (χ3v) is 5.91. The topological polar surface area (TPSA) is 119 Å². The maximum Gasteiger partial charge on any atom is 0.267 e. The Balaban J connectivity index is 0.000000970. The molecule has 1 aliphatic carbocycles. The first-order valence-electron chi connectivity index (χ1n) is 10.1. The minimum atomic E-state index is -0.0732. The first kappa shape index (κ1) is 22.8. The van der Waals surface area contributed by atoms with Crippen molar-refractivity contribution in [1.82, 2.24) is 20.2 Å². The highest BCUT2D eigenvalue weighted by atomic mass is 16.5. The number of rotatable bonds is 5. The largest absolute Gasteiger partial charge is 0.412 e. The third-order valence-electron chi connectivity index (χ3n) is 5.91. The number of carbonyl (C=O) groups excluding carboxylic acids is 2. The van der Waals surface area contributed by atoms with Crippen LogP contribution in [0.5, 0.6) is 0 Å². The summed E-state index contributed by atoms with van der Waals surface area (Å²) in [6.07, 6.45) is 6.62. The number of ether oxygens (including phenoxy) is 1. The lowest BCUT2D eigenvalue weighted by Gasteiger charge is -2.33. The van der Waals surface area contributed by atoms with Gasteiger partial charge in [0.05, 0.1) is 0 Å². The smallest absolute Gasteiger partial charge is 0.267 e. The second-order valence-corrected chi connectivity index (χ2v) is 7.43. The lowest BCUT2D eigenvalue weighted by molar-refractivity contribution is -0.136. The molecule has 0 bridgehead atoms. The maximum atomic E-state index is 12.4. The zero-order valence-corrected chi connectivity index (χ0v) is 17.5. The summed E-state index contributed by atoms with van der Waals surface area (Å²) in [7, 11) is 1.55. The highest BCUT2D eigenvalue weighted by Crippen LogP contribution is 2.59. The Morgan fingerprint density at radius 2 is 2.07 bits per heavy atom. The van der Waals surface area contributed by atoms with Gasteiger partial charge in [-0.05, 0) is 42.7 Å². The van der Waals surface area contributed by atoms with Gasteiger partial charge in [-0.25, -0.2) is 0 Å². The number of hydrogen-bond donors (Lipinski definition) is 2.